The number of ketones is 1. The molecule has 1 unspecified atom stereocenters. The third-order valence-corrected chi connectivity index (χ3v) is 6.47. The Bertz CT molecular complexity index is 1320. The van der Waals surface area contributed by atoms with Gasteiger partial charge in [0.25, 0.3) is 11.7 Å². The van der Waals surface area contributed by atoms with Crippen molar-refractivity contribution in [3.8, 4) is 11.5 Å². The number of aryl methyl sites for hydroxylation is 1. The molecule has 0 bridgehead atoms. The minimum absolute atomic E-state index is 0.0676. The molecular weight excluding hydrogens is 480 g/mol. The van der Waals surface area contributed by atoms with Crippen molar-refractivity contribution in [1.82, 2.24) is 9.80 Å². The van der Waals surface area contributed by atoms with Crippen LogP contribution in [0.15, 0.2) is 78.4 Å². The molecule has 0 saturated carbocycles. The Kier molecular flexibility index (Phi) is 8.48. The molecule has 1 amide bonds. The number of benzene rings is 3. The lowest BCUT2D eigenvalue weighted by Crippen LogP contribution is -2.35. The maximum Gasteiger partial charge on any atom is 0.295 e. The van der Waals surface area contributed by atoms with E-state index in [2.05, 4.69) is 0 Å². The fraction of sp³-hybridized carbons (Fsp3) is 0.290. The maximum atomic E-state index is 13.3. The number of likely N-dealkylation sites (N-methyl/N-ethyl adjacent to an activating group) is 1. The van der Waals surface area contributed by atoms with Crippen molar-refractivity contribution in [3.63, 3.8) is 0 Å². The monoisotopic (exact) mass is 514 g/mol. The number of likely N-dealkylation sites (tertiary alicyclic amines) is 1. The van der Waals surface area contributed by atoms with Crippen LogP contribution in [-0.4, -0.2) is 60.4 Å². The Morgan fingerprint density at radius 3 is 2.32 bits per heavy atom. The van der Waals surface area contributed by atoms with Crippen molar-refractivity contribution in [2.75, 3.05) is 33.8 Å². The first-order valence-corrected chi connectivity index (χ1v) is 12.7. The standard InChI is InChI=1S/C31H34N2O5/c1-5-37-26-19-24(15-16-25(26)38-20-22-9-7-6-8-10-22)28-27(29(34)23-13-11-21(2)12-14-23)30(35)31(36)33(28)18-17-32(3)4/h6-16,19,28,34H,5,17-18,20H2,1-4H3/b29-27+. The van der Waals surface area contributed by atoms with Gasteiger partial charge in [0, 0.05) is 18.7 Å². The van der Waals surface area contributed by atoms with Crippen LogP contribution in [0.4, 0.5) is 0 Å². The summed E-state index contributed by atoms with van der Waals surface area (Å²) in [5.74, 6) is -0.456. The molecule has 0 aliphatic carbocycles. The van der Waals surface area contributed by atoms with E-state index in [4.69, 9.17) is 9.47 Å². The summed E-state index contributed by atoms with van der Waals surface area (Å²) >= 11 is 0. The van der Waals surface area contributed by atoms with Crippen molar-refractivity contribution in [2.24, 2.45) is 0 Å². The molecule has 1 atom stereocenters. The molecule has 1 heterocycles. The number of aliphatic hydroxyl groups excluding tert-OH is 1. The van der Waals surface area contributed by atoms with E-state index in [0.29, 0.717) is 48.9 Å². The Balaban J connectivity index is 1.77. The first-order valence-electron chi connectivity index (χ1n) is 12.7. The molecular formula is C31H34N2O5. The number of ether oxygens (including phenoxy) is 2. The van der Waals surface area contributed by atoms with E-state index in [0.717, 1.165) is 11.1 Å². The highest BCUT2D eigenvalue weighted by atomic mass is 16.5. The molecule has 198 valence electrons. The second-order valence-corrected chi connectivity index (χ2v) is 9.58. The smallest absolute Gasteiger partial charge is 0.295 e. The van der Waals surface area contributed by atoms with Crippen LogP contribution in [0.2, 0.25) is 0 Å². The summed E-state index contributed by atoms with van der Waals surface area (Å²) in [6.45, 7) is 5.49. The summed E-state index contributed by atoms with van der Waals surface area (Å²) in [5, 5.41) is 11.3. The summed E-state index contributed by atoms with van der Waals surface area (Å²) in [6.07, 6.45) is 0. The zero-order valence-corrected chi connectivity index (χ0v) is 22.3. The van der Waals surface area contributed by atoms with Gasteiger partial charge in [0.2, 0.25) is 0 Å². The molecule has 1 fully saturated rings. The molecule has 0 radical (unpaired) electrons. The van der Waals surface area contributed by atoms with Crippen LogP contribution in [-0.2, 0) is 16.2 Å². The van der Waals surface area contributed by atoms with Gasteiger partial charge in [0.15, 0.2) is 11.5 Å². The molecule has 7 heteroatoms. The van der Waals surface area contributed by atoms with E-state index in [1.807, 2.05) is 81.4 Å². The maximum absolute atomic E-state index is 13.3. The highest BCUT2D eigenvalue weighted by Gasteiger charge is 2.46. The van der Waals surface area contributed by atoms with Gasteiger partial charge < -0.3 is 24.4 Å². The highest BCUT2D eigenvalue weighted by Crippen LogP contribution is 2.42. The van der Waals surface area contributed by atoms with Crippen molar-refractivity contribution >= 4 is 17.4 Å². The predicted octanol–water partition coefficient (Wildman–Crippen LogP) is 4.96. The van der Waals surface area contributed by atoms with Gasteiger partial charge in [-0.3, -0.25) is 9.59 Å². The molecule has 3 aromatic carbocycles. The van der Waals surface area contributed by atoms with Crippen LogP contribution in [0, 0.1) is 6.92 Å². The van der Waals surface area contributed by atoms with Crippen LogP contribution < -0.4 is 9.47 Å². The topological polar surface area (TPSA) is 79.3 Å². The van der Waals surface area contributed by atoms with E-state index in [-0.39, 0.29) is 11.3 Å². The number of carbonyl (C=O) groups excluding carboxylic acids is 2. The summed E-state index contributed by atoms with van der Waals surface area (Å²) in [4.78, 5) is 30.0. The minimum atomic E-state index is -0.765. The number of amides is 1. The predicted molar refractivity (Wildman–Crippen MR) is 147 cm³/mol. The molecule has 7 nitrogen and oxygen atoms in total. The summed E-state index contributed by atoms with van der Waals surface area (Å²) in [6, 6.07) is 21.7. The lowest BCUT2D eigenvalue weighted by molar-refractivity contribution is -0.140. The van der Waals surface area contributed by atoms with Gasteiger partial charge in [-0.05, 0) is 51.2 Å². The highest BCUT2D eigenvalue weighted by molar-refractivity contribution is 6.46. The van der Waals surface area contributed by atoms with E-state index in [9.17, 15) is 14.7 Å². The number of Topliss-reactive ketones (excluding diaryl/α,β-unsaturated/α-hetero) is 1. The van der Waals surface area contributed by atoms with Gasteiger partial charge in [0.1, 0.15) is 12.4 Å². The summed E-state index contributed by atoms with van der Waals surface area (Å²) < 4.78 is 12.0. The largest absolute Gasteiger partial charge is 0.507 e. The number of carbonyl (C=O) groups is 2. The van der Waals surface area contributed by atoms with E-state index in [1.54, 1.807) is 24.3 Å². The van der Waals surface area contributed by atoms with Crippen molar-refractivity contribution in [2.45, 2.75) is 26.5 Å². The van der Waals surface area contributed by atoms with Crippen molar-refractivity contribution < 1.29 is 24.2 Å². The Morgan fingerprint density at radius 2 is 1.66 bits per heavy atom. The molecule has 4 rings (SSSR count). The van der Waals surface area contributed by atoms with E-state index in [1.165, 1.54) is 4.90 Å². The second-order valence-electron chi connectivity index (χ2n) is 9.58. The molecule has 0 spiro atoms. The Hall–Kier alpha value is -4.10. The molecule has 1 aliphatic rings. The van der Waals surface area contributed by atoms with Gasteiger partial charge in [-0.25, -0.2) is 0 Å². The molecule has 38 heavy (non-hydrogen) atoms. The third-order valence-electron chi connectivity index (χ3n) is 6.47. The van der Waals surface area contributed by atoms with Crippen molar-refractivity contribution in [1.29, 1.82) is 0 Å². The average molecular weight is 515 g/mol. The van der Waals surface area contributed by atoms with Crippen LogP contribution in [0.5, 0.6) is 11.5 Å². The van der Waals surface area contributed by atoms with Crippen LogP contribution in [0.1, 0.15) is 35.2 Å². The molecule has 0 aromatic heterocycles. The molecule has 1 saturated heterocycles. The molecule has 1 N–H and O–H groups in total. The third kappa shape index (κ3) is 5.89. The lowest BCUT2D eigenvalue weighted by atomic mass is 9.94. The minimum Gasteiger partial charge on any atom is -0.507 e. The van der Waals surface area contributed by atoms with Crippen molar-refractivity contribution in [3.05, 3.63) is 101 Å². The van der Waals surface area contributed by atoms with E-state index >= 15 is 0 Å². The van der Waals surface area contributed by atoms with Crippen LogP contribution >= 0.6 is 0 Å². The second kappa shape index (κ2) is 12.0. The van der Waals surface area contributed by atoms with Gasteiger partial charge in [-0.1, -0.05) is 66.2 Å². The number of nitrogens with zero attached hydrogens (tertiary/aromatic N) is 2. The summed E-state index contributed by atoms with van der Waals surface area (Å²) in [7, 11) is 3.81. The average Bonchev–Trinajstić information content (AvgIpc) is 3.17. The zero-order chi connectivity index (χ0) is 27.2. The normalized spacial score (nSPS) is 16.8. The SMILES string of the molecule is CCOc1cc(C2/C(=C(\O)c3ccc(C)cc3)C(=O)C(=O)N2CCN(C)C)ccc1OCc1ccccc1. The molecule has 1 aliphatic heterocycles. The number of hydrogen-bond donors (Lipinski definition) is 1. The van der Waals surface area contributed by atoms with Gasteiger partial charge in [-0.15, -0.1) is 0 Å². The first-order chi connectivity index (χ1) is 18.3. The van der Waals surface area contributed by atoms with Crippen LogP contribution in [0.25, 0.3) is 5.76 Å². The van der Waals surface area contributed by atoms with Gasteiger partial charge in [0.05, 0.1) is 18.2 Å². The van der Waals surface area contributed by atoms with Gasteiger partial charge in [-0.2, -0.15) is 0 Å². The number of rotatable bonds is 10. The van der Waals surface area contributed by atoms with E-state index < -0.39 is 17.7 Å². The lowest BCUT2D eigenvalue weighted by Gasteiger charge is -2.27. The number of hydrogen-bond acceptors (Lipinski definition) is 6. The fourth-order valence-electron chi connectivity index (χ4n) is 4.45. The quantitative estimate of drug-likeness (QED) is 0.234. The molecule has 3 aromatic rings. The van der Waals surface area contributed by atoms with Gasteiger partial charge >= 0.3 is 0 Å². The Morgan fingerprint density at radius 1 is 0.947 bits per heavy atom. The fourth-order valence-corrected chi connectivity index (χ4v) is 4.45. The number of aliphatic hydroxyl groups is 1. The first kappa shape index (κ1) is 26.9. The Labute approximate surface area is 223 Å². The zero-order valence-electron chi connectivity index (χ0n) is 22.3. The van der Waals surface area contributed by atoms with Crippen LogP contribution in [0.3, 0.4) is 0 Å². The summed E-state index contributed by atoms with van der Waals surface area (Å²) in [5.41, 5.74) is 3.26.